The van der Waals surface area contributed by atoms with Crippen molar-refractivity contribution in [2.75, 3.05) is 24.7 Å². The molecule has 0 radical (unpaired) electrons. The van der Waals surface area contributed by atoms with Crippen LogP contribution in [-0.2, 0) is 17.1 Å². The van der Waals surface area contributed by atoms with Crippen LogP contribution in [0.4, 0.5) is 10.1 Å². The molecule has 2 atom stereocenters. The maximum atomic E-state index is 13.5. The molecule has 1 aliphatic carbocycles. The SMILES string of the molecule is Cc1nc(-c2cn(C)nn2)c2cc(S(=O)(=O)NC3(CF)CC3)cc(N3C[C@H](C)N[C@@H](C)C3)c2n1. The lowest BCUT2D eigenvalue weighted by Crippen LogP contribution is -2.54. The van der Waals surface area contributed by atoms with E-state index >= 15 is 0 Å². The van der Waals surface area contributed by atoms with Gasteiger partial charge >= 0.3 is 0 Å². The van der Waals surface area contributed by atoms with Crippen LogP contribution >= 0.6 is 0 Å². The van der Waals surface area contributed by atoms with E-state index in [0.29, 0.717) is 59.7 Å². The number of hydrogen-bond acceptors (Lipinski definition) is 8. The summed E-state index contributed by atoms with van der Waals surface area (Å²) in [5.41, 5.74) is 1.40. The largest absolute Gasteiger partial charge is 0.367 e. The van der Waals surface area contributed by atoms with Gasteiger partial charge in [-0.25, -0.2) is 27.5 Å². The molecular weight excluding hydrogens is 459 g/mol. The van der Waals surface area contributed by atoms with Crippen LogP contribution in [0.3, 0.4) is 0 Å². The standard InChI is InChI=1S/C22H29FN8O2S/c1-13-9-31(10-14(2)24-13)19-8-16(34(32,33)28-22(12-23)5-6-22)7-17-20(18-11-30(4)29-27-18)25-15(3)26-21(17)19/h7-8,11,13-14,24,28H,5-6,9-10,12H2,1-4H3/t13-,14-/m0/s1. The van der Waals surface area contributed by atoms with E-state index in [-0.39, 0.29) is 17.0 Å². The minimum absolute atomic E-state index is 0.0613. The normalized spacial score (nSPS) is 22.3. The smallest absolute Gasteiger partial charge is 0.241 e. The summed E-state index contributed by atoms with van der Waals surface area (Å²) in [5.74, 6) is 0.550. The quantitative estimate of drug-likeness (QED) is 0.538. The van der Waals surface area contributed by atoms with Gasteiger partial charge in [0.2, 0.25) is 10.0 Å². The fourth-order valence-electron chi connectivity index (χ4n) is 4.63. The number of aromatic nitrogens is 5. The molecule has 12 heteroatoms. The van der Waals surface area contributed by atoms with Crippen molar-refractivity contribution in [3.63, 3.8) is 0 Å². The molecule has 0 amide bonds. The molecule has 1 aliphatic heterocycles. The molecule has 182 valence electrons. The van der Waals surface area contributed by atoms with Crippen molar-refractivity contribution >= 4 is 26.6 Å². The summed E-state index contributed by atoms with van der Waals surface area (Å²) in [7, 11) is -2.22. The van der Waals surface area contributed by atoms with Crippen LogP contribution in [0.15, 0.2) is 23.2 Å². The highest BCUT2D eigenvalue weighted by Gasteiger charge is 2.46. The summed E-state index contributed by atoms with van der Waals surface area (Å²) in [4.78, 5) is 11.5. The van der Waals surface area contributed by atoms with E-state index in [9.17, 15) is 12.8 Å². The Morgan fingerprint density at radius 2 is 1.91 bits per heavy atom. The molecule has 2 aromatic heterocycles. The summed E-state index contributed by atoms with van der Waals surface area (Å²) >= 11 is 0. The molecule has 0 bridgehead atoms. The van der Waals surface area contributed by atoms with Gasteiger partial charge < -0.3 is 10.2 Å². The Labute approximate surface area is 198 Å². The first-order chi connectivity index (χ1) is 16.1. The number of fused-ring (bicyclic) bond motifs is 1. The number of rotatable bonds is 6. The Hall–Kier alpha value is -2.70. The Kier molecular flexibility index (Phi) is 5.57. The number of halogens is 1. The summed E-state index contributed by atoms with van der Waals surface area (Å²) in [6.07, 6.45) is 2.71. The molecule has 34 heavy (non-hydrogen) atoms. The first-order valence-electron chi connectivity index (χ1n) is 11.4. The fourth-order valence-corrected chi connectivity index (χ4v) is 6.12. The summed E-state index contributed by atoms with van der Waals surface area (Å²) in [6, 6.07) is 3.63. The fraction of sp³-hybridized carbons (Fsp3) is 0.545. The highest BCUT2D eigenvalue weighted by Crippen LogP contribution is 2.39. The minimum atomic E-state index is -3.98. The monoisotopic (exact) mass is 488 g/mol. The zero-order valence-corrected chi connectivity index (χ0v) is 20.5. The predicted molar refractivity (Wildman–Crippen MR) is 127 cm³/mol. The number of nitrogens with one attached hydrogen (secondary N) is 2. The third-order valence-electron chi connectivity index (χ3n) is 6.38. The number of hydrogen-bond donors (Lipinski definition) is 2. The first kappa shape index (κ1) is 23.1. The Balaban J connectivity index is 1.74. The number of sulfonamides is 1. The molecule has 5 rings (SSSR count). The molecule has 0 spiro atoms. The van der Waals surface area contributed by atoms with Crippen molar-refractivity contribution in [3.05, 3.63) is 24.2 Å². The summed E-state index contributed by atoms with van der Waals surface area (Å²) < 4.78 is 44.5. The number of benzene rings is 1. The molecule has 2 fully saturated rings. The Morgan fingerprint density at radius 3 is 2.50 bits per heavy atom. The van der Waals surface area contributed by atoms with Crippen LogP contribution in [0.1, 0.15) is 32.5 Å². The zero-order valence-electron chi connectivity index (χ0n) is 19.7. The van der Waals surface area contributed by atoms with Gasteiger partial charge in [0.15, 0.2) is 0 Å². The van der Waals surface area contributed by atoms with Gasteiger partial charge in [0.25, 0.3) is 0 Å². The van der Waals surface area contributed by atoms with Gasteiger partial charge in [-0.3, -0.25) is 4.68 Å². The van der Waals surface area contributed by atoms with Gasteiger partial charge in [-0.15, -0.1) is 5.10 Å². The average molecular weight is 489 g/mol. The van der Waals surface area contributed by atoms with E-state index in [1.54, 1.807) is 37.0 Å². The molecule has 1 saturated heterocycles. The summed E-state index contributed by atoms with van der Waals surface area (Å²) in [6.45, 7) is 6.64. The van der Waals surface area contributed by atoms with Gasteiger partial charge in [0, 0.05) is 37.6 Å². The maximum Gasteiger partial charge on any atom is 0.241 e. The second kappa shape index (κ2) is 8.21. The van der Waals surface area contributed by atoms with E-state index in [1.165, 1.54) is 0 Å². The number of anilines is 1. The van der Waals surface area contributed by atoms with Crippen molar-refractivity contribution in [1.82, 2.24) is 35.0 Å². The maximum absolute atomic E-state index is 13.5. The average Bonchev–Trinajstić information content (AvgIpc) is 3.40. The molecule has 2 aliphatic rings. The van der Waals surface area contributed by atoms with Gasteiger partial charge in [-0.2, -0.15) is 0 Å². The molecule has 3 heterocycles. The second-order valence-corrected chi connectivity index (χ2v) is 11.3. The third-order valence-corrected chi connectivity index (χ3v) is 7.94. The Morgan fingerprint density at radius 1 is 1.21 bits per heavy atom. The molecule has 3 aromatic rings. The second-order valence-electron chi connectivity index (χ2n) is 9.63. The highest BCUT2D eigenvalue weighted by atomic mass is 32.2. The molecule has 1 aromatic carbocycles. The van der Waals surface area contributed by atoms with E-state index in [1.807, 2.05) is 0 Å². The third kappa shape index (κ3) is 4.25. The van der Waals surface area contributed by atoms with Crippen LogP contribution in [0.25, 0.3) is 22.3 Å². The number of nitrogens with zero attached hydrogens (tertiary/aromatic N) is 6. The Bertz CT molecular complexity index is 1340. The van der Waals surface area contributed by atoms with Crippen LogP contribution in [0.5, 0.6) is 0 Å². The van der Waals surface area contributed by atoms with Gasteiger partial charge in [0.05, 0.1) is 27.8 Å². The lowest BCUT2D eigenvalue weighted by Gasteiger charge is -2.38. The van der Waals surface area contributed by atoms with Crippen molar-refractivity contribution in [3.8, 4) is 11.4 Å². The zero-order chi connectivity index (χ0) is 24.3. The van der Waals surface area contributed by atoms with Gasteiger partial charge in [0.1, 0.15) is 23.9 Å². The highest BCUT2D eigenvalue weighted by molar-refractivity contribution is 7.89. The van der Waals surface area contributed by atoms with E-state index in [2.05, 4.69) is 44.1 Å². The van der Waals surface area contributed by atoms with Crippen molar-refractivity contribution in [1.29, 1.82) is 0 Å². The van der Waals surface area contributed by atoms with Crippen LogP contribution in [-0.4, -0.2) is 70.8 Å². The number of aryl methyl sites for hydroxylation is 2. The first-order valence-corrected chi connectivity index (χ1v) is 12.9. The molecule has 0 unspecified atom stereocenters. The number of alkyl halides is 1. The molecule has 1 saturated carbocycles. The van der Waals surface area contributed by atoms with E-state index in [0.717, 1.165) is 0 Å². The van der Waals surface area contributed by atoms with Crippen LogP contribution in [0.2, 0.25) is 0 Å². The van der Waals surface area contributed by atoms with Gasteiger partial charge in [-0.1, -0.05) is 5.21 Å². The van der Waals surface area contributed by atoms with Crippen molar-refractivity contribution in [2.24, 2.45) is 7.05 Å². The number of piperazine rings is 1. The van der Waals surface area contributed by atoms with Gasteiger partial charge in [-0.05, 0) is 45.7 Å². The van der Waals surface area contributed by atoms with Crippen molar-refractivity contribution in [2.45, 2.75) is 56.1 Å². The van der Waals surface area contributed by atoms with Crippen LogP contribution < -0.4 is 14.9 Å². The lowest BCUT2D eigenvalue weighted by molar-refractivity contribution is 0.393. The van der Waals surface area contributed by atoms with Crippen LogP contribution in [0, 0.1) is 6.92 Å². The predicted octanol–water partition coefficient (Wildman–Crippen LogP) is 1.70. The molecule has 10 nitrogen and oxygen atoms in total. The van der Waals surface area contributed by atoms with E-state index < -0.39 is 22.2 Å². The minimum Gasteiger partial charge on any atom is -0.367 e. The topological polar surface area (TPSA) is 118 Å². The molecule has 2 N–H and O–H groups in total. The molecular formula is C22H29FN8O2S. The lowest BCUT2D eigenvalue weighted by atomic mass is 10.1. The summed E-state index contributed by atoms with van der Waals surface area (Å²) in [5, 5.41) is 12.3. The van der Waals surface area contributed by atoms with Crippen molar-refractivity contribution < 1.29 is 12.8 Å². The van der Waals surface area contributed by atoms with E-state index in [4.69, 9.17) is 4.98 Å².